The van der Waals surface area contributed by atoms with Crippen LogP contribution < -0.4 is 5.69 Å². The van der Waals surface area contributed by atoms with Crippen molar-refractivity contribution in [3.8, 4) is 0 Å². The van der Waals surface area contributed by atoms with E-state index in [4.69, 9.17) is 16.3 Å². The number of hydrogen-bond donors (Lipinski definition) is 1. The number of H-pyrrole nitrogens is 1. The first-order chi connectivity index (χ1) is 16.0. The highest BCUT2D eigenvalue weighted by atomic mass is 35.5. The molecule has 1 amide bonds. The van der Waals surface area contributed by atoms with Crippen molar-refractivity contribution in [1.82, 2.24) is 14.5 Å². The number of aromatic amines is 1. The molecule has 0 saturated carbocycles. The number of nitrogens with one attached hydrogen (secondary N) is 1. The van der Waals surface area contributed by atoms with Crippen LogP contribution in [0.25, 0.3) is 11.0 Å². The van der Waals surface area contributed by atoms with Gasteiger partial charge in [-0.1, -0.05) is 29.8 Å². The normalized spacial score (nSPS) is 11.6. The molecule has 1 heterocycles. The Labute approximate surface area is 204 Å². The average molecular weight is 486 g/mol. The minimum Gasteiger partial charge on any atom is -0.444 e. The van der Waals surface area contributed by atoms with Crippen LogP contribution in [0.4, 0.5) is 4.79 Å². The maximum absolute atomic E-state index is 12.7. The second-order valence-electron chi connectivity index (χ2n) is 9.41. The number of halogens is 1. The van der Waals surface area contributed by atoms with Gasteiger partial charge in [0, 0.05) is 37.1 Å². The summed E-state index contributed by atoms with van der Waals surface area (Å²) in [6.45, 7) is 6.48. The van der Waals surface area contributed by atoms with E-state index in [1.165, 1.54) is 4.57 Å². The number of aryl methyl sites for hydroxylation is 1. The third kappa shape index (κ3) is 6.73. The molecule has 34 heavy (non-hydrogen) atoms. The lowest BCUT2D eigenvalue weighted by molar-refractivity contribution is 0.0249. The number of hydrogen-bond acceptors (Lipinski definition) is 4. The highest BCUT2D eigenvalue weighted by molar-refractivity contribution is 6.31. The predicted molar refractivity (Wildman–Crippen MR) is 135 cm³/mol. The van der Waals surface area contributed by atoms with Crippen LogP contribution in [0.2, 0.25) is 5.02 Å². The van der Waals surface area contributed by atoms with Crippen molar-refractivity contribution in [2.75, 3.05) is 13.1 Å². The second kappa shape index (κ2) is 10.9. The summed E-state index contributed by atoms with van der Waals surface area (Å²) in [6.07, 6.45) is 1.90. The molecule has 0 aliphatic heterocycles. The number of aromatic nitrogens is 2. The van der Waals surface area contributed by atoms with Gasteiger partial charge < -0.3 is 14.6 Å². The molecule has 0 fully saturated rings. The highest BCUT2D eigenvalue weighted by Gasteiger charge is 2.22. The lowest BCUT2D eigenvalue weighted by Crippen LogP contribution is -2.38. The maximum Gasteiger partial charge on any atom is 0.410 e. The lowest BCUT2D eigenvalue weighted by atomic mass is 10.0. The number of fused-ring (bicyclic) bond motifs is 1. The van der Waals surface area contributed by atoms with Crippen molar-refractivity contribution in [3.63, 3.8) is 0 Å². The minimum atomic E-state index is -0.591. The largest absolute Gasteiger partial charge is 0.444 e. The molecule has 3 aromatic rings. The first kappa shape index (κ1) is 25.6. The van der Waals surface area contributed by atoms with Gasteiger partial charge in [-0.25, -0.2) is 9.59 Å². The fourth-order valence-electron chi connectivity index (χ4n) is 3.72. The Morgan fingerprint density at radius 1 is 1.09 bits per heavy atom. The first-order valence-electron chi connectivity index (χ1n) is 11.5. The topological polar surface area (TPSA) is 84.4 Å². The number of ketones is 1. The van der Waals surface area contributed by atoms with Crippen molar-refractivity contribution in [2.45, 2.75) is 52.1 Å². The van der Waals surface area contributed by atoms with Crippen LogP contribution in [0.3, 0.4) is 0 Å². The summed E-state index contributed by atoms with van der Waals surface area (Å²) in [5.41, 5.74) is 2.15. The Morgan fingerprint density at radius 2 is 1.82 bits per heavy atom. The lowest BCUT2D eigenvalue weighted by Gasteiger charge is -2.27. The Kier molecular flexibility index (Phi) is 8.20. The average Bonchev–Trinajstić information content (AvgIpc) is 3.05. The quantitative estimate of drug-likeness (QED) is 0.327. The summed E-state index contributed by atoms with van der Waals surface area (Å²) in [5, 5.41) is 0.675. The molecule has 0 unspecified atom stereocenters. The zero-order valence-corrected chi connectivity index (χ0v) is 20.9. The van der Waals surface area contributed by atoms with Crippen LogP contribution in [0, 0.1) is 0 Å². The van der Waals surface area contributed by atoms with E-state index in [1.54, 1.807) is 30.1 Å². The summed E-state index contributed by atoms with van der Waals surface area (Å²) in [4.78, 5) is 41.6. The van der Waals surface area contributed by atoms with Crippen LogP contribution in [0.1, 0.15) is 56.0 Å². The third-order valence-electron chi connectivity index (χ3n) is 5.57. The zero-order chi connectivity index (χ0) is 24.9. The van der Waals surface area contributed by atoms with E-state index in [-0.39, 0.29) is 17.6 Å². The molecule has 182 valence electrons. The van der Waals surface area contributed by atoms with Gasteiger partial charge in [-0.3, -0.25) is 9.36 Å². The number of Topliss-reactive ketones (excluding diaryl/α,β-unsaturated/α-hetero) is 1. The Bertz CT molecular complexity index is 1220. The van der Waals surface area contributed by atoms with Crippen molar-refractivity contribution in [2.24, 2.45) is 7.05 Å². The van der Waals surface area contributed by atoms with E-state index in [0.717, 1.165) is 11.1 Å². The molecule has 0 spiro atoms. The fraction of sp³-hybridized carbons (Fsp3) is 0.423. The van der Waals surface area contributed by atoms with E-state index in [1.807, 2.05) is 45.0 Å². The van der Waals surface area contributed by atoms with Gasteiger partial charge in [-0.05, 0) is 69.9 Å². The molecule has 3 rings (SSSR count). The Morgan fingerprint density at radius 3 is 2.53 bits per heavy atom. The van der Waals surface area contributed by atoms with Crippen molar-refractivity contribution < 1.29 is 14.3 Å². The van der Waals surface area contributed by atoms with E-state index in [9.17, 15) is 14.4 Å². The number of amides is 1. The van der Waals surface area contributed by atoms with Gasteiger partial charge in [0.1, 0.15) is 5.60 Å². The van der Waals surface area contributed by atoms with E-state index in [0.29, 0.717) is 54.9 Å². The number of ether oxygens (including phenoxy) is 1. The number of carbonyl (C=O) groups is 2. The zero-order valence-electron chi connectivity index (χ0n) is 20.2. The second-order valence-corrected chi connectivity index (χ2v) is 9.82. The molecule has 0 bridgehead atoms. The molecule has 1 N–H and O–H groups in total. The Balaban J connectivity index is 1.57. The third-order valence-corrected chi connectivity index (χ3v) is 5.94. The van der Waals surface area contributed by atoms with E-state index in [2.05, 4.69) is 4.98 Å². The van der Waals surface area contributed by atoms with Gasteiger partial charge in [0.25, 0.3) is 0 Å². The van der Waals surface area contributed by atoms with Gasteiger partial charge in [0.05, 0.1) is 11.0 Å². The molecule has 0 radical (unpaired) electrons. The molecular weight excluding hydrogens is 454 g/mol. The fourth-order valence-corrected chi connectivity index (χ4v) is 3.95. The van der Waals surface area contributed by atoms with Crippen LogP contribution in [-0.2, 0) is 18.2 Å². The minimum absolute atomic E-state index is 0.00601. The van der Waals surface area contributed by atoms with Gasteiger partial charge >= 0.3 is 11.8 Å². The van der Waals surface area contributed by atoms with Crippen LogP contribution in [0.5, 0.6) is 0 Å². The van der Waals surface area contributed by atoms with Gasteiger partial charge in [-0.2, -0.15) is 0 Å². The summed E-state index contributed by atoms with van der Waals surface area (Å²) in [6, 6.07) is 12.8. The molecule has 2 aromatic carbocycles. The molecule has 7 nitrogen and oxygen atoms in total. The molecule has 0 saturated heterocycles. The molecule has 1 aromatic heterocycles. The van der Waals surface area contributed by atoms with Crippen LogP contribution >= 0.6 is 11.6 Å². The van der Waals surface area contributed by atoms with E-state index >= 15 is 0 Å². The van der Waals surface area contributed by atoms with Crippen LogP contribution in [0.15, 0.2) is 47.3 Å². The predicted octanol–water partition coefficient (Wildman–Crippen LogP) is 5.35. The molecular formula is C26H32ClN3O4. The highest BCUT2D eigenvalue weighted by Crippen LogP contribution is 2.18. The molecule has 0 atom stereocenters. The van der Waals surface area contributed by atoms with Gasteiger partial charge in [0.15, 0.2) is 5.78 Å². The van der Waals surface area contributed by atoms with Gasteiger partial charge in [0.2, 0.25) is 0 Å². The maximum atomic E-state index is 12.7. The summed E-state index contributed by atoms with van der Waals surface area (Å²) < 4.78 is 7.09. The van der Waals surface area contributed by atoms with Crippen molar-refractivity contribution >= 4 is 34.5 Å². The first-order valence-corrected chi connectivity index (χ1v) is 11.9. The SMILES string of the molecule is Cn1c(=O)[nH]c2cc(C(=O)CCCCN(CCc3ccccc3Cl)C(=O)OC(C)(C)C)ccc21. The number of imidazole rings is 1. The number of unbranched alkanes of at least 4 members (excludes halogenated alkanes) is 1. The van der Waals surface area contributed by atoms with Crippen molar-refractivity contribution in [3.05, 3.63) is 69.1 Å². The molecule has 8 heteroatoms. The number of benzene rings is 2. The molecule has 0 aliphatic rings. The van der Waals surface area contributed by atoms with Gasteiger partial charge in [-0.15, -0.1) is 0 Å². The Hall–Kier alpha value is -3.06. The van der Waals surface area contributed by atoms with Crippen molar-refractivity contribution in [1.29, 1.82) is 0 Å². The summed E-state index contributed by atoms with van der Waals surface area (Å²) in [7, 11) is 1.69. The number of nitrogens with zero attached hydrogens (tertiary/aromatic N) is 2. The standard InChI is InChI=1S/C26H32ClN3O4/c1-26(2,3)34-25(33)30(16-14-18-9-5-6-10-20(18)27)15-8-7-11-23(31)19-12-13-22-21(17-19)28-24(32)29(22)4/h5-6,9-10,12-13,17H,7-8,11,14-16H2,1-4H3,(H,28,32). The smallest absolute Gasteiger partial charge is 0.410 e. The molecule has 0 aliphatic carbocycles. The summed E-state index contributed by atoms with van der Waals surface area (Å²) in [5.74, 6) is 0.00601. The van der Waals surface area contributed by atoms with Crippen LogP contribution in [-0.4, -0.2) is 45.0 Å². The number of rotatable bonds is 9. The summed E-state index contributed by atoms with van der Waals surface area (Å²) >= 11 is 6.27. The van der Waals surface area contributed by atoms with E-state index < -0.39 is 5.60 Å². The number of carbonyl (C=O) groups excluding carboxylic acids is 2. The monoisotopic (exact) mass is 485 g/mol.